The molecule has 1 aliphatic heterocycles. The highest BCUT2D eigenvalue weighted by molar-refractivity contribution is 6.36. The lowest BCUT2D eigenvalue weighted by atomic mass is 10.0. The summed E-state index contributed by atoms with van der Waals surface area (Å²) < 4.78 is 10.9. The average Bonchev–Trinajstić information content (AvgIpc) is 3.38. The van der Waals surface area contributed by atoms with E-state index in [1.165, 1.54) is 16.7 Å². The number of rotatable bonds is 8. The summed E-state index contributed by atoms with van der Waals surface area (Å²) in [5.74, 6) is 0.904. The smallest absolute Gasteiger partial charge is 0.278 e. The molecule has 1 aromatic heterocycles. The van der Waals surface area contributed by atoms with Crippen molar-refractivity contribution in [2.24, 2.45) is 0 Å². The van der Waals surface area contributed by atoms with Crippen LogP contribution in [0.25, 0.3) is 5.57 Å². The first-order chi connectivity index (χ1) is 15.5. The van der Waals surface area contributed by atoms with E-state index in [0.29, 0.717) is 35.2 Å². The van der Waals surface area contributed by atoms with Gasteiger partial charge in [0.25, 0.3) is 11.8 Å². The SMILES string of the molecule is CCOc1ccc(C2=C(Nc3ccc(C(C)C)cc3)C(=O)N(Cc3ccco3)C2=O)cc1. The van der Waals surface area contributed by atoms with Crippen LogP contribution in [-0.4, -0.2) is 23.3 Å². The van der Waals surface area contributed by atoms with Crippen molar-refractivity contribution < 1.29 is 18.7 Å². The van der Waals surface area contributed by atoms with E-state index in [-0.39, 0.29) is 24.1 Å². The maximum Gasteiger partial charge on any atom is 0.278 e. The molecule has 0 spiro atoms. The topological polar surface area (TPSA) is 71.8 Å². The summed E-state index contributed by atoms with van der Waals surface area (Å²) in [6.07, 6.45) is 1.52. The van der Waals surface area contributed by atoms with Crippen molar-refractivity contribution in [3.8, 4) is 5.75 Å². The number of anilines is 1. The molecule has 164 valence electrons. The van der Waals surface area contributed by atoms with E-state index in [1.807, 2.05) is 31.2 Å². The number of carbonyl (C=O) groups excluding carboxylic acids is 2. The summed E-state index contributed by atoms with van der Waals surface area (Å²) >= 11 is 0. The lowest BCUT2D eigenvalue weighted by Crippen LogP contribution is -2.31. The molecule has 0 saturated heterocycles. The fraction of sp³-hybridized carbons (Fsp3) is 0.231. The summed E-state index contributed by atoms with van der Waals surface area (Å²) in [5.41, 5.74) is 3.17. The van der Waals surface area contributed by atoms with Gasteiger partial charge in [-0.05, 0) is 60.4 Å². The van der Waals surface area contributed by atoms with Gasteiger partial charge in [-0.3, -0.25) is 14.5 Å². The molecule has 1 aliphatic rings. The Balaban J connectivity index is 1.70. The van der Waals surface area contributed by atoms with Crippen LogP contribution in [0.1, 0.15) is 43.6 Å². The first kappa shape index (κ1) is 21.4. The molecule has 2 aromatic carbocycles. The zero-order valence-corrected chi connectivity index (χ0v) is 18.4. The zero-order valence-electron chi connectivity index (χ0n) is 18.4. The molecule has 0 bridgehead atoms. The lowest BCUT2D eigenvalue weighted by Gasteiger charge is -2.14. The number of carbonyl (C=O) groups is 2. The van der Waals surface area contributed by atoms with Gasteiger partial charge >= 0.3 is 0 Å². The van der Waals surface area contributed by atoms with Gasteiger partial charge in [-0.15, -0.1) is 0 Å². The summed E-state index contributed by atoms with van der Waals surface area (Å²) in [7, 11) is 0. The molecule has 2 amide bonds. The zero-order chi connectivity index (χ0) is 22.7. The fourth-order valence-corrected chi connectivity index (χ4v) is 3.64. The highest BCUT2D eigenvalue weighted by Crippen LogP contribution is 2.32. The molecule has 0 unspecified atom stereocenters. The monoisotopic (exact) mass is 430 g/mol. The van der Waals surface area contributed by atoms with Crippen LogP contribution in [-0.2, 0) is 16.1 Å². The number of hydrogen-bond acceptors (Lipinski definition) is 5. The fourth-order valence-electron chi connectivity index (χ4n) is 3.64. The largest absolute Gasteiger partial charge is 0.494 e. The van der Waals surface area contributed by atoms with E-state index in [2.05, 4.69) is 19.2 Å². The van der Waals surface area contributed by atoms with E-state index in [4.69, 9.17) is 9.15 Å². The minimum absolute atomic E-state index is 0.0721. The van der Waals surface area contributed by atoms with E-state index < -0.39 is 0 Å². The molecule has 0 fully saturated rings. The molecule has 3 aromatic rings. The first-order valence-corrected chi connectivity index (χ1v) is 10.7. The van der Waals surface area contributed by atoms with Gasteiger partial charge < -0.3 is 14.5 Å². The second-order valence-electron chi connectivity index (χ2n) is 7.88. The van der Waals surface area contributed by atoms with Crippen molar-refractivity contribution in [2.45, 2.75) is 33.2 Å². The molecule has 0 saturated carbocycles. The Bertz CT molecular complexity index is 1130. The van der Waals surface area contributed by atoms with Gasteiger partial charge in [0, 0.05) is 5.69 Å². The van der Waals surface area contributed by atoms with Gasteiger partial charge in [0.1, 0.15) is 17.2 Å². The average molecular weight is 431 g/mol. The molecule has 1 N–H and O–H groups in total. The molecule has 6 nitrogen and oxygen atoms in total. The molecular weight excluding hydrogens is 404 g/mol. The van der Waals surface area contributed by atoms with Crippen molar-refractivity contribution in [1.29, 1.82) is 0 Å². The van der Waals surface area contributed by atoms with Gasteiger partial charge in [0.15, 0.2) is 0 Å². The number of nitrogens with one attached hydrogen (secondary N) is 1. The van der Waals surface area contributed by atoms with Crippen LogP contribution in [0.4, 0.5) is 5.69 Å². The minimum Gasteiger partial charge on any atom is -0.494 e. The van der Waals surface area contributed by atoms with E-state index in [1.54, 1.807) is 36.4 Å². The van der Waals surface area contributed by atoms with Crippen molar-refractivity contribution in [1.82, 2.24) is 4.90 Å². The third-order valence-electron chi connectivity index (χ3n) is 5.36. The number of imide groups is 1. The van der Waals surface area contributed by atoms with Crippen molar-refractivity contribution in [3.63, 3.8) is 0 Å². The van der Waals surface area contributed by atoms with E-state index in [0.717, 1.165) is 5.69 Å². The number of nitrogens with zero attached hydrogens (tertiary/aromatic N) is 1. The van der Waals surface area contributed by atoms with Crippen molar-refractivity contribution in [3.05, 3.63) is 89.5 Å². The third-order valence-corrected chi connectivity index (χ3v) is 5.36. The summed E-state index contributed by atoms with van der Waals surface area (Å²) in [6.45, 7) is 6.79. The first-order valence-electron chi connectivity index (χ1n) is 10.7. The van der Waals surface area contributed by atoms with Gasteiger partial charge in [-0.25, -0.2) is 0 Å². The van der Waals surface area contributed by atoms with E-state index >= 15 is 0 Å². The molecule has 0 aliphatic carbocycles. The quantitative estimate of drug-likeness (QED) is 0.498. The van der Waals surface area contributed by atoms with Crippen LogP contribution in [0.3, 0.4) is 0 Å². The van der Waals surface area contributed by atoms with E-state index in [9.17, 15) is 9.59 Å². The second kappa shape index (κ2) is 9.14. The number of furan rings is 1. The predicted octanol–water partition coefficient (Wildman–Crippen LogP) is 5.19. The summed E-state index contributed by atoms with van der Waals surface area (Å²) in [6, 6.07) is 18.6. The molecule has 32 heavy (non-hydrogen) atoms. The van der Waals surface area contributed by atoms with Crippen LogP contribution < -0.4 is 10.1 Å². The summed E-state index contributed by atoms with van der Waals surface area (Å²) in [4.78, 5) is 27.8. The number of benzene rings is 2. The van der Waals surface area contributed by atoms with Crippen LogP contribution in [0.2, 0.25) is 0 Å². The standard InChI is InChI=1S/C26H26N2O4/c1-4-31-21-13-9-19(10-14-21)23-24(27-20-11-7-18(8-12-20)17(2)3)26(30)28(25(23)29)16-22-6-5-15-32-22/h5-15,17,27H,4,16H2,1-3H3. The van der Waals surface area contributed by atoms with Crippen LogP contribution in [0.15, 0.2) is 77.0 Å². The maximum absolute atomic E-state index is 13.3. The molecule has 0 atom stereocenters. The molecule has 4 rings (SSSR count). The Kier molecular flexibility index (Phi) is 6.12. The highest BCUT2D eigenvalue weighted by atomic mass is 16.5. The Morgan fingerprint density at radius 3 is 2.28 bits per heavy atom. The number of hydrogen-bond donors (Lipinski definition) is 1. The van der Waals surface area contributed by atoms with Crippen LogP contribution >= 0.6 is 0 Å². The highest BCUT2D eigenvalue weighted by Gasteiger charge is 2.39. The van der Waals surface area contributed by atoms with Gasteiger partial charge in [-0.1, -0.05) is 38.1 Å². The van der Waals surface area contributed by atoms with Crippen LogP contribution in [0, 0.1) is 0 Å². The van der Waals surface area contributed by atoms with Crippen molar-refractivity contribution in [2.75, 3.05) is 11.9 Å². The predicted molar refractivity (Wildman–Crippen MR) is 123 cm³/mol. The third kappa shape index (κ3) is 4.30. The Morgan fingerprint density at radius 2 is 1.69 bits per heavy atom. The second-order valence-corrected chi connectivity index (χ2v) is 7.88. The molecule has 0 radical (unpaired) electrons. The Labute approximate surface area is 187 Å². The Morgan fingerprint density at radius 1 is 0.969 bits per heavy atom. The Hall–Kier alpha value is -3.80. The lowest BCUT2D eigenvalue weighted by molar-refractivity contribution is -0.137. The van der Waals surface area contributed by atoms with Gasteiger partial charge in [0.2, 0.25) is 0 Å². The number of amides is 2. The normalized spacial score (nSPS) is 13.9. The number of ether oxygens (including phenoxy) is 1. The molecule has 2 heterocycles. The molecule has 6 heteroatoms. The van der Waals surface area contributed by atoms with Gasteiger partial charge in [0.05, 0.1) is 25.0 Å². The summed E-state index contributed by atoms with van der Waals surface area (Å²) in [5, 5.41) is 3.19. The minimum atomic E-state index is -0.386. The van der Waals surface area contributed by atoms with Gasteiger partial charge in [-0.2, -0.15) is 0 Å². The van der Waals surface area contributed by atoms with Crippen LogP contribution in [0.5, 0.6) is 5.75 Å². The maximum atomic E-state index is 13.3. The van der Waals surface area contributed by atoms with Crippen molar-refractivity contribution >= 4 is 23.1 Å². The molecular formula is C26H26N2O4.